The number of allylic oxidation sites excluding steroid dienone is 2. The fourth-order valence-electron chi connectivity index (χ4n) is 3.96. The van der Waals surface area contributed by atoms with Gasteiger partial charge in [-0.05, 0) is 44.2 Å². The van der Waals surface area contributed by atoms with Gasteiger partial charge in [0.05, 0.1) is 11.1 Å². The highest BCUT2D eigenvalue weighted by molar-refractivity contribution is 6.21. The summed E-state index contributed by atoms with van der Waals surface area (Å²) in [6, 6.07) is 7.13. The first-order chi connectivity index (χ1) is 14.3. The molecule has 0 N–H and O–H groups in total. The molecule has 0 fully saturated rings. The van der Waals surface area contributed by atoms with Crippen LogP contribution in [-0.4, -0.2) is 23.3 Å². The second-order valence-electron chi connectivity index (χ2n) is 8.25. The number of hydrogen-bond acceptors (Lipinski definition) is 2. The average Bonchev–Trinajstić information content (AvgIpc) is 2.98. The summed E-state index contributed by atoms with van der Waals surface area (Å²) < 4.78 is 0. The highest BCUT2D eigenvalue weighted by atomic mass is 16.2. The van der Waals surface area contributed by atoms with Gasteiger partial charge in [-0.3, -0.25) is 14.5 Å². The molecule has 0 bridgehead atoms. The van der Waals surface area contributed by atoms with Crippen LogP contribution in [0.2, 0.25) is 0 Å². The van der Waals surface area contributed by atoms with Crippen molar-refractivity contribution in [3.8, 4) is 0 Å². The maximum atomic E-state index is 12.3. The molecule has 3 heteroatoms. The van der Waals surface area contributed by atoms with Crippen LogP contribution in [0.25, 0.3) is 0 Å². The predicted octanol–water partition coefficient (Wildman–Crippen LogP) is 7.32. The minimum Gasteiger partial charge on any atom is -0.274 e. The van der Waals surface area contributed by atoms with Crippen molar-refractivity contribution in [1.29, 1.82) is 0 Å². The van der Waals surface area contributed by atoms with Crippen molar-refractivity contribution in [1.82, 2.24) is 4.90 Å². The molecule has 0 atom stereocenters. The SMILES string of the molecule is CCCCCCCC/C=C\CCCCCCCCN1C(=O)c2ccccc2C1=O. The number of unbranched alkanes of at least 4 members (excludes halogenated alkanes) is 12. The van der Waals surface area contributed by atoms with E-state index in [-0.39, 0.29) is 11.8 Å². The number of rotatable bonds is 16. The molecule has 160 valence electrons. The molecule has 29 heavy (non-hydrogen) atoms. The van der Waals surface area contributed by atoms with Crippen molar-refractivity contribution in [2.24, 2.45) is 0 Å². The van der Waals surface area contributed by atoms with Crippen molar-refractivity contribution in [3.63, 3.8) is 0 Å². The van der Waals surface area contributed by atoms with Crippen LogP contribution >= 0.6 is 0 Å². The molecular formula is C26H39NO2. The topological polar surface area (TPSA) is 37.4 Å². The molecule has 0 saturated carbocycles. The molecule has 0 unspecified atom stereocenters. The van der Waals surface area contributed by atoms with Crippen molar-refractivity contribution in [2.45, 2.75) is 96.8 Å². The Hall–Kier alpha value is -1.90. The smallest absolute Gasteiger partial charge is 0.261 e. The average molecular weight is 398 g/mol. The minimum absolute atomic E-state index is 0.127. The van der Waals surface area contributed by atoms with Crippen molar-refractivity contribution in [3.05, 3.63) is 47.5 Å². The van der Waals surface area contributed by atoms with E-state index in [2.05, 4.69) is 19.1 Å². The van der Waals surface area contributed by atoms with Crippen LogP contribution in [0.5, 0.6) is 0 Å². The molecule has 3 nitrogen and oxygen atoms in total. The zero-order chi connectivity index (χ0) is 20.7. The number of imide groups is 1. The van der Waals surface area contributed by atoms with Crippen molar-refractivity contribution in [2.75, 3.05) is 6.54 Å². The third-order valence-corrected chi connectivity index (χ3v) is 5.77. The van der Waals surface area contributed by atoms with Gasteiger partial charge in [0.1, 0.15) is 0 Å². The fraction of sp³-hybridized carbons (Fsp3) is 0.615. The Bertz CT molecular complexity index is 615. The molecule has 1 aliphatic heterocycles. The monoisotopic (exact) mass is 397 g/mol. The maximum Gasteiger partial charge on any atom is 0.261 e. The number of nitrogens with zero attached hydrogens (tertiary/aromatic N) is 1. The summed E-state index contributed by atoms with van der Waals surface area (Å²) >= 11 is 0. The van der Waals surface area contributed by atoms with Gasteiger partial charge in [-0.15, -0.1) is 0 Å². The number of carbonyl (C=O) groups is 2. The van der Waals surface area contributed by atoms with Gasteiger partial charge < -0.3 is 0 Å². The summed E-state index contributed by atoms with van der Waals surface area (Å²) in [4.78, 5) is 26.0. The van der Waals surface area contributed by atoms with Gasteiger partial charge in [-0.25, -0.2) is 0 Å². The van der Waals surface area contributed by atoms with E-state index in [4.69, 9.17) is 0 Å². The van der Waals surface area contributed by atoms with Gasteiger partial charge in [-0.1, -0.05) is 89.0 Å². The predicted molar refractivity (Wildman–Crippen MR) is 121 cm³/mol. The van der Waals surface area contributed by atoms with E-state index >= 15 is 0 Å². The van der Waals surface area contributed by atoms with Crippen LogP contribution in [-0.2, 0) is 0 Å². The quantitative estimate of drug-likeness (QED) is 0.166. The van der Waals surface area contributed by atoms with Crippen molar-refractivity contribution >= 4 is 11.8 Å². The highest BCUT2D eigenvalue weighted by Crippen LogP contribution is 2.23. The number of fused-ring (bicyclic) bond motifs is 1. The first kappa shape index (κ1) is 23.4. The molecule has 1 aromatic carbocycles. The molecule has 1 aliphatic rings. The van der Waals surface area contributed by atoms with Gasteiger partial charge in [-0.2, -0.15) is 0 Å². The molecule has 2 amide bonds. The van der Waals surface area contributed by atoms with Crippen molar-refractivity contribution < 1.29 is 9.59 Å². The molecule has 0 aromatic heterocycles. The maximum absolute atomic E-state index is 12.3. The number of hydrogen-bond donors (Lipinski definition) is 0. The van der Waals surface area contributed by atoms with E-state index in [1.54, 1.807) is 12.1 Å². The Morgan fingerprint density at radius 3 is 1.62 bits per heavy atom. The van der Waals surface area contributed by atoms with Gasteiger partial charge in [0.15, 0.2) is 0 Å². The lowest BCUT2D eigenvalue weighted by molar-refractivity contribution is 0.0651. The van der Waals surface area contributed by atoms with Gasteiger partial charge >= 0.3 is 0 Å². The molecular weight excluding hydrogens is 358 g/mol. The number of amides is 2. The molecule has 1 heterocycles. The van der Waals surface area contributed by atoms with E-state index < -0.39 is 0 Å². The Morgan fingerprint density at radius 1 is 0.655 bits per heavy atom. The number of benzene rings is 1. The first-order valence-electron chi connectivity index (χ1n) is 11.9. The summed E-state index contributed by atoms with van der Waals surface area (Å²) in [5.74, 6) is -0.253. The molecule has 0 spiro atoms. The third-order valence-electron chi connectivity index (χ3n) is 5.77. The van der Waals surface area contributed by atoms with Crippen LogP contribution in [0.3, 0.4) is 0 Å². The van der Waals surface area contributed by atoms with Gasteiger partial charge in [0.25, 0.3) is 11.8 Å². The summed E-state index contributed by atoms with van der Waals surface area (Å²) in [6.45, 7) is 2.81. The van der Waals surface area contributed by atoms with Gasteiger partial charge in [0.2, 0.25) is 0 Å². The first-order valence-corrected chi connectivity index (χ1v) is 11.9. The van der Waals surface area contributed by atoms with E-state index in [0.717, 1.165) is 12.8 Å². The molecule has 0 radical (unpaired) electrons. The Balaban J connectivity index is 1.41. The lowest BCUT2D eigenvalue weighted by Crippen LogP contribution is -2.30. The Kier molecular flexibility index (Phi) is 11.4. The largest absolute Gasteiger partial charge is 0.274 e. The third kappa shape index (κ3) is 8.16. The lowest BCUT2D eigenvalue weighted by atomic mass is 10.1. The molecule has 1 aromatic rings. The zero-order valence-electron chi connectivity index (χ0n) is 18.3. The van der Waals surface area contributed by atoms with E-state index in [1.807, 2.05) is 12.1 Å². The molecule has 0 saturated heterocycles. The van der Waals surface area contributed by atoms with Crippen LogP contribution in [0.4, 0.5) is 0 Å². The second-order valence-corrected chi connectivity index (χ2v) is 8.25. The van der Waals surface area contributed by atoms with Crippen LogP contribution in [0, 0.1) is 0 Å². The number of carbonyl (C=O) groups excluding carboxylic acids is 2. The summed E-state index contributed by atoms with van der Waals surface area (Å²) in [5, 5.41) is 0. The highest BCUT2D eigenvalue weighted by Gasteiger charge is 2.34. The summed E-state index contributed by atoms with van der Waals surface area (Å²) in [6.07, 6.45) is 22.4. The normalized spacial score (nSPS) is 13.6. The lowest BCUT2D eigenvalue weighted by Gasteiger charge is -2.13. The standard InChI is InChI=1S/C26H39NO2/c1-2-3-4-5-6-7-8-9-10-11-12-13-14-15-16-19-22-27-25(28)23-20-17-18-21-24(23)26(27)29/h9-10,17-18,20-21H,2-8,11-16,19,22H2,1H3/b10-9-. The Morgan fingerprint density at radius 2 is 1.10 bits per heavy atom. The zero-order valence-corrected chi connectivity index (χ0v) is 18.3. The van der Waals surface area contributed by atoms with Crippen LogP contribution < -0.4 is 0 Å². The van der Waals surface area contributed by atoms with E-state index in [1.165, 1.54) is 81.9 Å². The second kappa shape index (κ2) is 14.1. The fourth-order valence-corrected chi connectivity index (χ4v) is 3.96. The van der Waals surface area contributed by atoms with Crippen LogP contribution in [0.15, 0.2) is 36.4 Å². The molecule has 2 rings (SSSR count). The minimum atomic E-state index is -0.127. The molecule has 0 aliphatic carbocycles. The van der Waals surface area contributed by atoms with E-state index in [0.29, 0.717) is 17.7 Å². The Labute approximate surface area is 177 Å². The van der Waals surface area contributed by atoms with Gasteiger partial charge in [0, 0.05) is 6.54 Å². The summed E-state index contributed by atoms with van der Waals surface area (Å²) in [7, 11) is 0. The summed E-state index contributed by atoms with van der Waals surface area (Å²) in [5.41, 5.74) is 1.11. The van der Waals surface area contributed by atoms with Crippen LogP contribution in [0.1, 0.15) is 118 Å². The van der Waals surface area contributed by atoms with E-state index in [9.17, 15) is 9.59 Å².